The molecule has 1 atom stereocenters. The zero-order valence-corrected chi connectivity index (χ0v) is 12.9. The van der Waals surface area contributed by atoms with Gasteiger partial charge in [-0.25, -0.2) is 8.42 Å². The van der Waals surface area contributed by atoms with Crippen LogP contribution in [0.2, 0.25) is 0 Å². The van der Waals surface area contributed by atoms with Crippen LogP contribution in [0.1, 0.15) is 37.9 Å². The van der Waals surface area contributed by atoms with Gasteiger partial charge in [0.15, 0.2) is 9.84 Å². The highest BCUT2D eigenvalue weighted by Crippen LogP contribution is 2.39. The van der Waals surface area contributed by atoms with E-state index < -0.39 is 15.9 Å². The molecule has 0 radical (unpaired) electrons. The maximum absolute atomic E-state index is 11.4. The zero-order chi connectivity index (χ0) is 14.8. The first-order valence-corrected chi connectivity index (χ1v) is 8.88. The first kappa shape index (κ1) is 15.5. The maximum atomic E-state index is 11.4. The van der Waals surface area contributed by atoms with E-state index in [1.165, 1.54) is 25.5 Å². The van der Waals surface area contributed by atoms with Crippen molar-refractivity contribution >= 4 is 9.84 Å². The van der Waals surface area contributed by atoms with Crippen molar-refractivity contribution in [3.05, 3.63) is 29.8 Å². The summed E-state index contributed by atoms with van der Waals surface area (Å²) in [6.45, 7) is 3.68. The highest BCUT2D eigenvalue weighted by molar-refractivity contribution is 7.90. The van der Waals surface area contributed by atoms with Gasteiger partial charge in [-0.1, -0.05) is 25.5 Å². The lowest BCUT2D eigenvalue weighted by Crippen LogP contribution is -2.38. The third-order valence-corrected chi connectivity index (χ3v) is 5.27. The number of sulfone groups is 1. The Morgan fingerprint density at radius 1 is 1.30 bits per heavy atom. The Morgan fingerprint density at radius 2 is 1.90 bits per heavy atom. The molecule has 1 saturated carbocycles. The summed E-state index contributed by atoms with van der Waals surface area (Å²) in [6, 6.07) is 6.43. The lowest BCUT2D eigenvalue weighted by molar-refractivity contribution is 0.133. The smallest absolute Gasteiger partial charge is 0.175 e. The Hall–Kier alpha value is -0.910. The van der Waals surface area contributed by atoms with E-state index in [1.54, 1.807) is 24.3 Å². The lowest BCUT2D eigenvalue weighted by atomic mass is 9.70. The van der Waals surface area contributed by atoms with E-state index in [0.29, 0.717) is 12.0 Å². The molecular formula is C15H23NO3S. The second kappa shape index (κ2) is 5.84. The molecule has 0 aromatic heterocycles. The summed E-state index contributed by atoms with van der Waals surface area (Å²) in [5.41, 5.74) is 1.13. The average Bonchev–Trinajstić information content (AvgIpc) is 2.36. The molecule has 0 aliphatic heterocycles. The molecule has 2 rings (SSSR count). The minimum atomic E-state index is -3.17. The second-order valence-electron chi connectivity index (χ2n) is 6.15. The van der Waals surface area contributed by atoms with Gasteiger partial charge >= 0.3 is 0 Å². The first-order valence-electron chi connectivity index (χ1n) is 6.99. The van der Waals surface area contributed by atoms with Crippen molar-refractivity contribution in [3.63, 3.8) is 0 Å². The quantitative estimate of drug-likeness (QED) is 0.841. The van der Waals surface area contributed by atoms with Crippen LogP contribution >= 0.6 is 0 Å². The van der Waals surface area contributed by atoms with E-state index in [-0.39, 0.29) is 4.90 Å². The Kier molecular flexibility index (Phi) is 4.52. The molecule has 0 heterocycles. The van der Waals surface area contributed by atoms with Crippen molar-refractivity contribution in [2.45, 2.75) is 37.2 Å². The number of aliphatic hydroxyl groups excluding tert-OH is 1. The standard InChI is InChI=1S/C15H23NO3S/c1-15(8-3-9-15)11-16-10-14(17)12-4-6-13(7-5-12)20(2,18)19/h4-7,14,16-17H,3,8-11H2,1-2H3. The van der Waals surface area contributed by atoms with Crippen LogP contribution in [0, 0.1) is 5.41 Å². The maximum Gasteiger partial charge on any atom is 0.175 e. The zero-order valence-electron chi connectivity index (χ0n) is 12.1. The molecule has 0 amide bonds. The molecule has 0 bridgehead atoms. The molecule has 5 heteroatoms. The lowest BCUT2D eigenvalue weighted by Gasteiger charge is -2.38. The summed E-state index contributed by atoms with van der Waals surface area (Å²) < 4.78 is 22.7. The van der Waals surface area contributed by atoms with E-state index in [4.69, 9.17) is 0 Å². The van der Waals surface area contributed by atoms with Gasteiger partial charge in [0.05, 0.1) is 11.0 Å². The molecule has 0 saturated heterocycles. The van der Waals surface area contributed by atoms with E-state index >= 15 is 0 Å². The molecule has 4 nitrogen and oxygen atoms in total. The van der Waals surface area contributed by atoms with Crippen LogP contribution in [0.3, 0.4) is 0 Å². The van der Waals surface area contributed by atoms with Gasteiger partial charge < -0.3 is 10.4 Å². The predicted molar refractivity (Wildman–Crippen MR) is 79.3 cm³/mol. The summed E-state index contributed by atoms with van der Waals surface area (Å²) >= 11 is 0. The van der Waals surface area contributed by atoms with Crippen molar-refractivity contribution in [1.29, 1.82) is 0 Å². The van der Waals surface area contributed by atoms with E-state index in [2.05, 4.69) is 12.2 Å². The van der Waals surface area contributed by atoms with E-state index in [1.807, 2.05) is 0 Å². The number of hydrogen-bond acceptors (Lipinski definition) is 4. The fourth-order valence-corrected chi connectivity index (χ4v) is 3.15. The fraction of sp³-hybridized carbons (Fsp3) is 0.600. The normalized spacial score (nSPS) is 19.4. The highest BCUT2D eigenvalue weighted by atomic mass is 32.2. The van der Waals surface area contributed by atoms with Crippen molar-refractivity contribution in [2.24, 2.45) is 5.41 Å². The molecule has 1 aromatic carbocycles. The van der Waals surface area contributed by atoms with Crippen molar-refractivity contribution in [2.75, 3.05) is 19.3 Å². The molecular weight excluding hydrogens is 274 g/mol. The minimum Gasteiger partial charge on any atom is -0.387 e. The van der Waals surface area contributed by atoms with E-state index in [0.717, 1.165) is 12.1 Å². The molecule has 0 spiro atoms. The molecule has 1 aliphatic carbocycles. The Balaban J connectivity index is 1.87. The third-order valence-electron chi connectivity index (χ3n) is 4.14. The van der Waals surface area contributed by atoms with Crippen LogP contribution < -0.4 is 5.32 Å². The first-order chi connectivity index (χ1) is 9.30. The number of hydrogen-bond donors (Lipinski definition) is 2. The third kappa shape index (κ3) is 3.81. The molecule has 1 aliphatic rings. The number of rotatable bonds is 6. The fourth-order valence-electron chi connectivity index (χ4n) is 2.52. The van der Waals surface area contributed by atoms with Gasteiger partial charge in [-0.3, -0.25) is 0 Å². The van der Waals surface area contributed by atoms with E-state index in [9.17, 15) is 13.5 Å². The minimum absolute atomic E-state index is 0.281. The molecule has 1 unspecified atom stereocenters. The molecule has 1 fully saturated rings. The van der Waals surface area contributed by atoms with Gasteiger partial charge in [-0.15, -0.1) is 0 Å². The van der Waals surface area contributed by atoms with Crippen LogP contribution in [0.4, 0.5) is 0 Å². The van der Waals surface area contributed by atoms with Crippen LogP contribution in [0.5, 0.6) is 0 Å². The monoisotopic (exact) mass is 297 g/mol. The molecule has 112 valence electrons. The van der Waals surface area contributed by atoms with Crippen molar-refractivity contribution in [3.8, 4) is 0 Å². The van der Waals surface area contributed by atoms with Gasteiger partial charge in [0.25, 0.3) is 0 Å². The summed E-state index contributed by atoms with van der Waals surface area (Å²) in [4.78, 5) is 0.281. The van der Waals surface area contributed by atoms with Crippen LogP contribution in [0.15, 0.2) is 29.2 Å². The van der Waals surface area contributed by atoms with Crippen LogP contribution in [-0.4, -0.2) is 32.9 Å². The topological polar surface area (TPSA) is 66.4 Å². The number of benzene rings is 1. The van der Waals surface area contributed by atoms with Crippen molar-refractivity contribution in [1.82, 2.24) is 5.32 Å². The van der Waals surface area contributed by atoms with Gasteiger partial charge in [0.2, 0.25) is 0 Å². The van der Waals surface area contributed by atoms with Crippen LogP contribution in [-0.2, 0) is 9.84 Å². The van der Waals surface area contributed by atoms with Gasteiger partial charge in [-0.05, 0) is 36.0 Å². The Bertz CT molecular complexity index is 547. The van der Waals surface area contributed by atoms with Gasteiger partial charge in [-0.2, -0.15) is 0 Å². The molecule has 1 aromatic rings. The SMILES string of the molecule is CC1(CNCC(O)c2ccc(S(C)(=O)=O)cc2)CCC1. The summed E-state index contributed by atoms with van der Waals surface area (Å²) in [5.74, 6) is 0. The van der Waals surface area contributed by atoms with Crippen LogP contribution in [0.25, 0.3) is 0 Å². The van der Waals surface area contributed by atoms with Gasteiger partial charge in [0, 0.05) is 19.3 Å². The average molecular weight is 297 g/mol. The summed E-state index contributed by atoms with van der Waals surface area (Å²) in [5, 5.41) is 13.4. The Morgan fingerprint density at radius 3 is 2.35 bits per heavy atom. The summed E-state index contributed by atoms with van der Waals surface area (Å²) in [7, 11) is -3.17. The largest absolute Gasteiger partial charge is 0.387 e. The summed E-state index contributed by atoms with van der Waals surface area (Å²) in [6.07, 6.45) is 4.37. The molecule has 2 N–H and O–H groups in total. The Labute approximate surface area is 121 Å². The highest BCUT2D eigenvalue weighted by Gasteiger charge is 2.31. The number of aliphatic hydroxyl groups is 1. The van der Waals surface area contributed by atoms with Gasteiger partial charge in [0.1, 0.15) is 0 Å². The molecule has 20 heavy (non-hydrogen) atoms. The second-order valence-corrected chi connectivity index (χ2v) is 8.17. The predicted octanol–water partition coefficient (Wildman–Crippen LogP) is 1.90. The van der Waals surface area contributed by atoms with Crippen molar-refractivity contribution < 1.29 is 13.5 Å². The number of nitrogens with one attached hydrogen (secondary N) is 1.